The smallest absolute Gasteiger partial charge is 0.229 e. The van der Waals surface area contributed by atoms with Crippen molar-refractivity contribution in [1.29, 1.82) is 0 Å². The predicted molar refractivity (Wildman–Crippen MR) is 102 cm³/mol. The van der Waals surface area contributed by atoms with Crippen molar-refractivity contribution in [2.45, 2.75) is 30.7 Å². The third kappa shape index (κ3) is 3.76. The zero-order valence-electron chi connectivity index (χ0n) is 15.2. The van der Waals surface area contributed by atoms with E-state index in [1.165, 1.54) is 24.3 Å². The molecule has 0 unspecified atom stereocenters. The van der Waals surface area contributed by atoms with Gasteiger partial charge in [0.15, 0.2) is 5.43 Å². The molecule has 0 spiro atoms. The van der Waals surface area contributed by atoms with Crippen LogP contribution in [0.3, 0.4) is 0 Å². The van der Waals surface area contributed by atoms with Crippen LogP contribution in [0.4, 0.5) is 0 Å². The summed E-state index contributed by atoms with van der Waals surface area (Å²) in [6.45, 7) is -0.558. The number of fused-ring (bicyclic) bond motifs is 1. The Labute approximate surface area is 165 Å². The molecule has 3 aromatic rings. The fraction of sp³-hybridized carbons (Fsp3) is 0.286. The number of rotatable bonds is 4. The fourth-order valence-electron chi connectivity index (χ4n) is 3.25. The third-order valence-corrected chi connectivity index (χ3v) is 4.86. The van der Waals surface area contributed by atoms with Crippen LogP contribution in [0.2, 0.25) is 0 Å². The Morgan fingerprint density at radius 1 is 0.931 bits per heavy atom. The van der Waals surface area contributed by atoms with Crippen molar-refractivity contribution in [1.82, 2.24) is 0 Å². The van der Waals surface area contributed by atoms with Gasteiger partial charge in [-0.2, -0.15) is 0 Å². The van der Waals surface area contributed by atoms with Crippen LogP contribution in [0.5, 0.6) is 5.75 Å². The molecule has 1 fully saturated rings. The Bertz CT molecular complexity index is 1050. The second kappa shape index (κ2) is 7.94. The molecule has 0 radical (unpaired) electrons. The lowest BCUT2D eigenvalue weighted by Gasteiger charge is -2.39. The minimum atomic E-state index is -1.55. The summed E-state index contributed by atoms with van der Waals surface area (Å²) in [6, 6.07) is 15.1. The van der Waals surface area contributed by atoms with Gasteiger partial charge in [0.2, 0.25) is 6.29 Å². The van der Waals surface area contributed by atoms with Gasteiger partial charge >= 0.3 is 0 Å². The second-order valence-corrected chi connectivity index (χ2v) is 6.81. The molecular formula is C21H20O8. The van der Waals surface area contributed by atoms with E-state index in [9.17, 15) is 25.2 Å². The molecule has 2 heterocycles. The highest BCUT2D eigenvalue weighted by Crippen LogP contribution is 2.28. The third-order valence-electron chi connectivity index (χ3n) is 4.86. The van der Waals surface area contributed by atoms with E-state index in [0.29, 0.717) is 11.1 Å². The number of ether oxygens (including phenoxy) is 2. The van der Waals surface area contributed by atoms with Crippen molar-refractivity contribution in [2.75, 3.05) is 6.61 Å². The molecule has 1 aromatic heterocycles. The predicted octanol–water partition coefficient (Wildman–Crippen LogP) is 0.639. The van der Waals surface area contributed by atoms with Gasteiger partial charge in [0.05, 0.1) is 12.0 Å². The van der Waals surface area contributed by atoms with Crippen LogP contribution < -0.4 is 10.2 Å². The van der Waals surface area contributed by atoms with Gasteiger partial charge in [-0.05, 0) is 12.1 Å². The monoisotopic (exact) mass is 400 g/mol. The van der Waals surface area contributed by atoms with Gasteiger partial charge in [-0.3, -0.25) is 4.79 Å². The minimum absolute atomic E-state index is 0.218. The summed E-state index contributed by atoms with van der Waals surface area (Å²) >= 11 is 0. The van der Waals surface area contributed by atoms with Crippen LogP contribution in [-0.4, -0.2) is 57.7 Å². The largest absolute Gasteiger partial charge is 0.462 e. The lowest BCUT2D eigenvalue weighted by molar-refractivity contribution is -0.277. The van der Waals surface area contributed by atoms with Crippen LogP contribution in [0.25, 0.3) is 22.3 Å². The van der Waals surface area contributed by atoms with E-state index in [2.05, 4.69) is 0 Å². The lowest BCUT2D eigenvalue weighted by Crippen LogP contribution is -2.60. The van der Waals surface area contributed by atoms with E-state index < -0.39 is 37.3 Å². The Kier molecular flexibility index (Phi) is 5.35. The van der Waals surface area contributed by atoms with Crippen molar-refractivity contribution >= 4 is 11.0 Å². The first-order chi connectivity index (χ1) is 14.0. The average Bonchev–Trinajstić information content (AvgIpc) is 2.74. The first-order valence-corrected chi connectivity index (χ1v) is 9.08. The quantitative estimate of drug-likeness (QED) is 0.502. The first kappa shape index (κ1) is 19.6. The van der Waals surface area contributed by atoms with E-state index in [1.54, 1.807) is 0 Å². The molecule has 0 aliphatic carbocycles. The molecule has 0 amide bonds. The summed E-state index contributed by atoms with van der Waals surface area (Å²) in [4.78, 5) is 12.4. The van der Waals surface area contributed by atoms with Gasteiger partial charge in [-0.25, -0.2) is 0 Å². The molecule has 152 valence electrons. The van der Waals surface area contributed by atoms with Crippen LogP contribution in [-0.2, 0) is 4.74 Å². The average molecular weight is 400 g/mol. The Morgan fingerprint density at radius 3 is 2.41 bits per heavy atom. The summed E-state index contributed by atoms with van der Waals surface area (Å²) in [5.74, 6) is 0.614. The van der Waals surface area contributed by atoms with Crippen LogP contribution in [0, 0.1) is 0 Å². The summed E-state index contributed by atoms with van der Waals surface area (Å²) < 4.78 is 16.8. The standard InChI is InChI=1S/C21H20O8/c22-10-17-18(24)19(25)20(26)21(29-17)27-12-6-7-13-14(23)9-15(28-16(13)8-12)11-4-2-1-3-5-11/h1-9,17-22,24-26H,10H2/t17-,18+,19+,20+,21+/m0/s1. The second-order valence-electron chi connectivity index (χ2n) is 6.81. The van der Waals surface area contributed by atoms with Gasteiger partial charge < -0.3 is 34.3 Å². The van der Waals surface area contributed by atoms with Gasteiger partial charge in [0.1, 0.15) is 41.5 Å². The van der Waals surface area contributed by atoms with Crippen molar-refractivity contribution < 1.29 is 34.3 Å². The highest BCUT2D eigenvalue weighted by Gasteiger charge is 2.44. The summed E-state index contributed by atoms with van der Waals surface area (Å²) in [5, 5.41) is 39.5. The summed E-state index contributed by atoms with van der Waals surface area (Å²) in [6.07, 6.45) is -6.97. The molecule has 0 saturated carbocycles. The van der Waals surface area contributed by atoms with Crippen molar-refractivity contribution in [3.63, 3.8) is 0 Å². The molecule has 1 aliphatic rings. The maximum Gasteiger partial charge on any atom is 0.229 e. The molecule has 1 aliphatic heterocycles. The maximum atomic E-state index is 12.4. The molecule has 8 nitrogen and oxygen atoms in total. The number of hydrogen-bond donors (Lipinski definition) is 4. The van der Waals surface area contributed by atoms with Crippen LogP contribution in [0.15, 0.2) is 63.8 Å². The number of aliphatic hydroxyl groups excluding tert-OH is 4. The zero-order valence-corrected chi connectivity index (χ0v) is 15.2. The Morgan fingerprint density at radius 2 is 1.69 bits per heavy atom. The molecule has 0 bridgehead atoms. The van der Waals surface area contributed by atoms with Gasteiger partial charge in [-0.15, -0.1) is 0 Å². The summed E-state index contributed by atoms with van der Waals surface area (Å²) in [7, 11) is 0. The number of aliphatic hydroxyl groups is 4. The topological polar surface area (TPSA) is 130 Å². The van der Waals surface area contributed by atoms with Crippen LogP contribution in [0.1, 0.15) is 0 Å². The van der Waals surface area contributed by atoms with Crippen molar-refractivity contribution in [3.8, 4) is 17.1 Å². The highest BCUT2D eigenvalue weighted by molar-refractivity contribution is 5.80. The van der Waals surface area contributed by atoms with E-state index in [-0.39, 0.29) is 16.8 Å². The van der Waals surface area contributed by atoms with E-state index in [4.69, 9.17) is 13.9 Å². The van der Waals surface area contributed by atoms with E-state index in [1.807, 2.05) is 30.3 Å². The van der Waals surface area contributed by atoms with Gasteiger partial charge in [-0.1, -0.05) is 30.3 Å². The first-order valence-electron chi connectivity index (χ1n) is 9.08. The van der Waals surface area contributed by atoms with Gasteiger partial charge in [0.25, 0.3) is 0 Å². The Balaban J connectivity index is 1.66. The highest BCUT2D eigenvalue weighted by atomic mass is 16.7. The van der Waals surface area contributed by atoms with Crippen molar-refractivity contribution in [3.05, 3.63) is 64.8 Å². The molecule has 2 aromatic carbocycles. The molecule has 1 saturated heterocycles. The number of hydrogen-bond acceptors (Lipinski definition) is 8. The molecule has 5 atom stereocenters. The fourth-order valence-corrected chi connectivity index (χ4v) is 3.25. The molecular weight excluding hydrogens is 380 g/mol. The minimum Gasteiger partial charge on any atom is -0.462 e. The van der Waals surface area contributed by atoms with Crippen LogP contribution >= 0.6 is 0 Å². The Hall–Kier alpha value is -2.75. The molecule has 8 heteroatoms. The zero-order chi connectivity index (χ0) is 20.5. The molecule has 29 heavy (non-hydrogen) atoms. The van der Waals surface area contributed by atoms with Gasteiger partial charge in [0, 0.05) is 17.7 Å². The molecule has 4 rings (SSSR count). The van der Waals surface area contributed by atoms with E-state index >= 15 is 0 Å². The number of benzene rings is 2. The van der Waals surface area contributed by atoms with Crippen molar-refractivity contribution in [2.24, 2.45) is 0 Å². The van der Waals surface area contributed by atoms with E-state index in [0.717, 1.165) is 5.56 Å². The maximum absolute atomic E-state index is 12.4. The lowest BCUT2D eigenvalue weighted by atomic mass is 9.99. The SMILES string of the molecule is O=c1cc(-c2ccccc2)oc2cc(O[C@@H]3O[C@@H](CO)[C@@H](O)[C@@H](O)[C@H]3O)ccc12. The normalized spacial score (nSPS) is 27.1. The molecule has 4 N–H and O–H groups in total. The summed E-state index contributed by atoms with van der Waals surface area (Å²) in [5.41, 5.74) is 0.801.